The molecule has 1 aliphatic heterocycles. The molecule has 2 aromatic carbocycles. The van der Waals surface area contributed by atoms with Gasteiger partial charge in [0.25, 0.3) is 5.69 Å². The number of nitrogens with one attached hydrogen (secondary N) is 2. The second kappa shape index (κ2) is 11.1. The first kappa shape index (κ1) is 23.7. The number of non-ortho nitro benzene ring substituents is 1. The molecule has 0 amide bonds. The molecule has 35 heavy (non-hydrogen) atoms. The topological polar surface area (TPSA) is 151 Å². The van der Waals surface area contributed by atoms with Crippen molar-refractivity contribution in [1.82, 2.24) is 15.0 Å². The van der Waals surface area contributed by atoms with Crippen LogP contribution in [0.25, 0.3) is 0 Å². The monoisotopic (exact) mass is 478 g/mol. The summed E-state index contributed by atoms with van der Waals surface area (Å²) in [7, 11) is 1.48. The van der Waals surface area contributed by atoms with Crippen LogP contribution in [0.5, 0.6) is 11.5 Å². The number of ether oxygens (including phenoxy) is 1. The smallest absolute Gasteiger partial charge is 0.269 e. The number of hydrazone groups is 1. The van der Waals surface area contributed by atoms with Crippen LogP contribution in [0.3, 0.4) is 0 Å². The number of phenols is 1. The standard InChI is InChI=1S/C23H26N8O4/c1-35-19-8-6-7-16(20(19)32)15-24-29-22-26-21(25-17-9-11-18(12-10-17)31(33)34)27-23(28-22)30-13-4-2-3-5-14-30/h6-12,15,32H,2-5,13-14H2,1H3,(H2,25,26,27,28,29)/b24-15+. The van der Waals surface area contributed by atoms with Crippen LogP contribution in [0.2, 0.25) is 0 Å². The summed E-state index contributed by atoms with van der Waals surface area (Å²) in [6, 6.07) is 11.1. The van der Waals surface area contributed by atoms with E-state index < -0.39 is 4.92 Å². The van der Waals surface area contributed by atoms with Crippen molar-refractivity contribution >= 4 is 35.4 Å². The van der Waals surface area contributed by atoms with Crippen molar-refractivity contribution in [3.8, 4) is 11.5 Å². The minimum absolute atomic E-state index is 0.00561. The summed E-state index contributed by atoms with van der Waals surface area (Å²) in [6.45, 7) is 1.67. The summed E-state index contributed by atoms with van der Waals surface area (Å²) in [5.74, 6) is 1.31. The highest BCUT2D eigenvalue weighted by molar-refractivity contribution is 5.85. The molecule has 3 N–H and O–H groups in total. The first-order chi connectivity index (χ1) is 17.0. The van der Waals surface area contributed by atoms with E-state index in [4.69, 9.17) is 4.74 Å². The Morgan fingerprint density at radius 3 is 2.46 bits per heavy atom. The van der Waals surface area contributed by atoms with Crippen LogP contribution < -0.4 is 20.4 Å². The van der Waals surface area contributed by atoms with E-state index >= 15 is 0 Å². The zero-order valence-electron chi connectivity index (χ0n) is 19.2. The van der Waals surface area contributed by atoms with Gasteiger partial charge in [-0.1, -0.05) is 18.9 Å². The number of phenolic OH excluding ortho intramolecular Hbond substituents is 1. The number of rotatable bonds is 8. The van der Waals surface area contributed by atoms with Crippen LogP contribution in [-0.4, -0.2) is 51.4 Å². The lowest BCUT2D eigenvalue weighted by Gasteiger charge is -2.21. The van der Waals surface area contributed by atoms with Crippen molar-refractivity contribution < 1.29 is 14.8 Å². The molecule has 2 heterocycles. The predicted octanol–water partition coefficient (Wildman–Crippen LogP) is 4.06. The number of benzene rings is 2. The molecule has 0 radical (unpaired) electrons. The van der Waals surface area contributed by atoms with Gasteiger partial charge < -0.3 is 20.1 Å². The van der Waals surface area contributed by atoms with E-state index in [0.717, 1.165) is 38.8 Å². The van der Waals surface area contributed by atoms with E-state index in [-0.39, 0.29) is 23.3 Å². The molecule has 0 saturated carbocycles. The second-order valence-electron chi connectivity index (χ2n) is 7.88. The van der Waals surface area contributed by atoms with E-state index in [1.807, 2.05) is 0 Å². The highest BCUT2D eigenvalue weighted by Gasteiger charge is 2.16. The van der Waals surface area contributed by atoms with E-state index in [1.165, 1.54) is 25.5 Å². The van der Waals surface area contributed by atoms with Gasteiger partial charge >= 0.3 is 0 Å². The SMILES string of the molecule is COc1cccc(/C=N/Nc2nc(Nc3ccc([N+](=O)[O-])cc3)nc(N3CCCCCC3)n2)c1O. The molecule has 3 aromatic rings. The molecular weight excluding hydrogens is 452 g/mol. The molecule has 0 unspecified atom stereocenters. The molecule has 1 fully saturated rings. The van der Waals surface area contributed by atoms with Gasteiger partial charge in [0.15, 0.2) is 11.5 Å². The Morgan fingerprint density at radius 2 is 1.77 bits per heavy atom. The molecule has 1 aliphatic rings. The summed E-state index contributed by atoms with van der Waals surface area (Å²) in [5, 5.41) is 28.4. The largest absolute Gasteiger partial charge is 0.504 e. The fraction of sp³-hybridized carbons (Fsp3) is 0.304. The van der Waals surface area contributed by atoms with Crippen molar-refractivity contribution in [3.63, 3.8) is 0 Å². The predicted molar refractivity (Wildman–Crippen MR) is 133 cm³/mol. The van der Waals surface area contributed by atoms with Gasteiger partial charge in [0, 0.05) is 36.5 Å². The van der Waals surface area contributed by atoms with Gasteiger partial charge in [-0.05, 0) is 37.1 Å². The summed E-state index contributed by atoms with van der Waals surface area (Å²) in [5.41, 5.74) is 3.85. The van der Waals surface area contributed by atoms with Gasteiger partial charge in [0.2, 0.25) is 17.8 Å². The molecule has 4 rings (SSSR count). The number of nitro benzene ring substituents is 1. The molecule has 0 bridgehead atoms. The quantitative estimate of drug-likeness (QED) is 0.245. The van der Waals surface area contributed by atoms with Crippen LogP contribution in [0.15, 0.2) is 47.6 Å². The Labute approximate surface area is 201 Å². The lowest BCUT2D eigenvalue weighted by Crippen LogP contribution is -2.26. The maximum Gasteiger partial charge on any atom is 0.269 e. The average molecular weight is 479 g/mol. The number of hydrogen-bond acceptors (Lipinski definition) is 11. The Hall–Kier alpha value is -4.48. The number of aromatic hydroxyl groups is 1. The van der Waals surface area contributed by atoms with Crippen LogP contribution in [0.4, 0.5) is 29.2 Å². The molecule has 1 saturated heterocycles. The third kappa shape index (κ3) is 6.10. The second-order valence-corrected chi connectivity index (χ2v) is 7.88. The number of nitrogens with zero attached hydrogens (tertiary/aromatic N) is 6. The third-order valence-electron chi connectivity index (χ3n) is 5.47. The van der Waals surface area contributed by atoms with Crippen LogP contribution >= 0.6 is 0 Å². The number of methoxy groups -OCH3 is 1. The Bertz CT molecular complexity index is 1190. The lowest BCUT2D eigenvalue weighted by atomic mass is 10.2. The van der Waals surface area contributed by atoms with Gasteiger partial charge in [0.1, 0.15) is 0 Å². The van der Waals surface area contributed by atoms with Gasteiger partial charge in [-0.25, -0.2) is 5.43 Å². The summed E-state index contributed by atoms with van der Waals surface area (Å²) < 4.78 is 5.12. The normalized spacial score (nSPS) is 13.9. The van der Waals surface area contributed by atoms with Crippen molar-refractivity contribution in [3.05, 3.63) is 58.1 Å². The fourth-order valence-electron chi connectivity index (χ4n) is 3.65. The zero-order valence-corrected chi connectivity index (χ0v) is 19.2. The van der Waals surface area contributed by atoms with Gasteiger partial charge in [0.05, 0.1) is 18.2 Å². The summed E-state index contributed by atoms with van der Waals surface area (Å²) in [4.78, 5) is 26.1. The molecule has 182 valence electrons. The third-order valence-corrected chi connectivity index (χ3v) is 5.47. The molecule has 12 heteroatoms. The van der Waals surface area contributed by atoms with Crippen molar-refractivity contribution in [2.45, 2.75) is 25.7 Å². The number of para-hydroxylation sites is 1. The minimum Gasteiger partial charge on any atom is -0.504 e. The van der Waals surface area contributed by atoms with E-state index in [1.54, 1.807) is 30.3 Å². The van der Waals surface area contributed by atoms with E-state index in [0.29, 0.717) is 22.9 Å². The maximum atomic E-state index is 10.9. The van der Waals surface area contributed by atoms with Crippen molar-refractivity contribution in [1.29, 1.82) is 0 Å². The molecule has 0 aliphatic carbocycles. The number of hydrogen-bond donors (Lipinski definition) is 3. The molecular formula is C23H26N8O4. The van der Waals surface area contributed by atoms with Gasteiger partial charge in [-0.3, -0.25) is 10.1 Å². The zero-order chi connectivity index (χ0) is 24.6. The van der Waals surface area contributed by atoms with Crippen LogP contribution in [0, 0.1) is 10.1 Å². The number of nitro groups is 1. The Balaban J connectivity index is 1.58. The highest BCUT2D eigenvalue weighted by atomic mass is 16.6. The van der Waals surface area contributed by atoms with E-state index in [9.17, 15) is 15.2 Å². The Morgan fingerprint density at radius 1 is 1.06 bits per heavy atom. The van der Waals surface area contributed by atoms with Gasteiger partial charge in [-0.2, -0.15) is 20.1 Å². The highest BCUT2D eigenvalue weighted by Crippen LogP contribution is 2.28. The first-order valence-corrected chi connectivity index (χ1v) is 11.2. The average Bonchev–Trinajstić information content (AvgIpc) is 3.15. The maximum absolute atomic E-state index is 10.9. The first-order valence-electron chi connectivity index (χ1n) is 11.2. The number of aromatic nitrogens is 3. The Kier molecular flexibility index (Phi) is 7.50. The van der Waals surface area contributed by atoms with Crippen molar-refractivity contribution in [2.24, 2.45) is 5.10 Å². The van der Waals surface area contributed by atoms with Gasteiger partial charge in [-0.15, -0.1) is 0 Å². The summed E-state index contributed by atoms with van der Waals surface area (Å²) in [6.07, 6.45) is 5.86. The summed E-state index contributed by atoms with van der Waals surface area (Å²) >= 11 is 0. The lowest BCUT2D eigenvalue weighted by molar-refractivity contribution is -0.384. The van der Waals surface area contributed by atoms with Crippen molar-refractivity contribution in [2.75, 3.05) is 35.8 Å². The minimum atomic E-state index is -0.454. The van der Waals surface area contributed by atoms with Crippen LogP contribution in [0.1, 0.15) is 31.2 Å². The van der Waals surface area contributed by atoms with E-state index in [2.05, 4.69) is 35.7 Å². The fourth-order valence-corrected chi connectivity index (χ4v) is 3.65. The molecule has 12 nitrogen and oxygen atoms in total. The molecule has 0 atom stereocenters. The molecule has 1 aromatic heterocycles. The number of anilines is 4. The molecule has 0 spiro atoms. The van der Waals surface area contributed by atoms with Crippen LogP contribution in [-0.2, 0) is 0 Å².